The summed E-state index contributed by atoms with van der Waals surface area (Å²) in [6.45, 7) is 0.610. The highest BCUT2D eigenvalue weighted by Crippen LogP contribution is 2.39. The SMILES string of the molecule is COc1ccc(S(=O)(=O)NC2CCOC2C2CC2)cc1N. The molecule has 1 aliphatic carbocycles. The maximum Gasteiger partial charge on any atom is 0.240 e. The van der Waals surface area contributed by atoms with Crippen molar-refractivity contribution < 1.29 is 17.9 Å². The first kappa shape index (κ1) is 14.6. The lowest BCUT2D eigenvalue weighted by Gasteiger charge is -2.19. The quantitative estimate of drug-likeness (QED) is 0.795. The number of rotatable bonds is 5. The number of nitrogens with two attached hydrogens (primary N) is 1. The Bertz CT molecular complexity index is 628. The molecule has 0 amide bonds. The number of nitrogens with one attached hydrogen (secondary N) is 1. The largest absolute Gasteiger partial charge is 0.495 e. The predicted molar refractivity (Wildman–Crippen MR) is 78.6 cm³/mol. The molecule has 1 saturated carbocycles. The fourth-order valence-corrected chi connectivity index (χ4v) is 4.09. The van der Waals surface area contributed by atoms with Crippen molar-refractivity contribution in [3.63, 3.8) is 0 Å². The van der Waals surface area contributed by atoms with Gasteiger partial charge in [-0.2, -0.15) is 0 Å². The molecule has 3 N–H and O–H groups in total. The molecule has 0 spiro atoms. The second kappa shape index (κ2) is 5.47. The summed E-state index contributed by atoms with van der Waals surface area (Å²) in [6, 6.07) is 4.33. The maximum atomic E-state index is 12.5. The van der Waals surface area contributed by atoms with Gasteiger partial charge in [0.25, 0.3) is 0 Å². The molecule has 2 atom stereocenters. The first-order valence-corrected chi connectivity index (χ1v) is 8.57. The summed E-state index contributed by atoms with van der Waals surface area (Å²) in [5.41, 5.74) is 6.09. The number of anilines is 1. The second-order valence-corrected chi connectivity index (χ2v) is 7.31. The summed E-state index contributed by atoms with van der Waals surface area (Å²) in [7, 11) is -2.10. The average molecular weight is 312 g/mol. The van der Waals surface area contributed by atoms with Crippen molar-refractivity contribution in [3.05, 3.63) is 18.2 Å². The molecule has 1 aliphatic heterocycles. The van der Waals surface area contributed by atoms with Crippen LogP contribution in [0.5, 0.6) is 5.75 Å². The summed E-state index contributed by atoms with van der Waals surface area (Å²) in [6.07, 6.45) is 2.97. The fourth-order valence-electron chi connectivity index (χ4n) is 2.77. The van der Waals surface area contributed by atoms with Crippen molar-refractivity contribution in [2.24, 2.45) is 5.92 Å². The Kier molecular flexibility index (Phi) is 3.81. The van der Waals surface area contributed by atoms with Crippen LogP contribution >= 0.6 is 0 Å². The first-order valence-electron chi connectivity index (χ1n) is 7.09. The highest BCUT2D eigenvalue weighted by molar-refractivity contribution is 7.89. The zero-order valence-electron chi connectivity index (χ0n) is 11.9. The predicted octanol–water partition coefficient (Wildman–Crippen LogP) is 1.12. The van der Waals surface area contributed by atoms with Crippen LogP contribution in [0.2, 0.25) is 0 Å². The van der Waals surface area contributed by atoms with Crippen LogP contribution < -0.4 is 15.2 Å². The van der Waals surface area contributed by atoms with E-state index in [1.54, 1.807) is 6.07 Å². The number of ether oxygens (including phenoxy) is 2. The van der Waals surface area contributed by atoms with E-state index in [1.165, 1.54) is 19.2 Å². The Balaban J connectivity index is 1.78. The summed E-state index contributed by atoms with van der Waals surface area (Å²) in [5.74, 6) is 0.968. The standard InChI is InChI=1S/C14H20N2O4S/c1-19-13-5-4-10(8-11(13)15)21(17,18)16-12-6-7-20-14(12)9-2-3-9/h4-5,8-9,12,14,16H,2-3,6-7,15H2,1H3. The molecule has 2 fully saturated rings. The van der Waals surface area contributed by atoms with E-state index in [1.807, 2.05) is 0 Å². The monoisotopic (exact) mass is 312 g/mol. The van der Waals surface area contributed by atoms with Crippen molar-refractivity contribution in [2.75, 3.05) is 19.5 Å². The smallest absolute Gasteiger partial charge is 0.240 e. The van der Waals surface area contributed by atoms with Crippen LogP contribution in [-0.4, -0.2) is 34.3 Å². The Morgan fingerprint density at radius 2 is 2.10 bits per heavy atom. The van der Waals surface area contributed by atoms with E-state index in [2.05, 4.69) is 4.72 Å². The lowest BCUT2D eigenvalue weighted by atomic mass is 10.1. The molecular formula is C14H20N2O4S. The number of sulfonamides is 1. The third-order valence-electron chi connectivity index (χ3n) is 4.04. The van der Waals surface area contributed by atoms with E-state index in [0.717, 1.165) is 12.8 Å². The van der Waals surface area contributed by atoms with Crippen molar-refractivity contribution in [2.45, 2.75) is 36.3 Å². The zero-order valence-corrected chi connectivity index (χ0v) is 12.7. The molecule has 0 radical (unpaired) electrons. The van der Waals surface area contributed by atoms with E-state index in [0.29, 0.717) is 30.4 Å². The van der Waals surface area contributed by atoms with E-state index in [9.17, 15) is 8.42 Å². The molecule has 1 aromatic carbocycles. The van der Waals surface area contributed by atoms with Gasteiger partial charge in [0.15, 0.2) is 0 Å². The molecule has 1 heterocycles. The van der Waals surface area contributed by atoms with Gasteiger partial charge in [-0.15, -0.1) is 0 Å². The van der Waals surface area contributed by atoms with E-state index < -0.39 is 10.0 Å². The van der Waals surface area contributed by atoms with E-state index in [-0.39, 0.29) is 17.0 Å². The zero-order chi connectivity index (χ0) is 15.0. The van der Waals surface area contributed by atoms with Crippen LogP contribution in [0.25, 0.3) is 0 Å². The van der Waals surface area contributed by atoms with Gasteiger partial charge in [-0.05, 0) is 43.4 Å². The van der Waals surface area contributed by atoms with Crippen LogP contribution in [0.1, 0.15) is 19.3 Å². The number of hydrogen-bond acceptors (Lipinski definition) is 5. The maximum absolute atomic E-state index is 12.5. The van der Waals surface area contributed by atoms with Crippen LogP contribution in [0, 0.1) is 5.92 Å². The Morgan fingerprint density at radius 3 is 2.71 bits per heavy atom. The molecule has 0 bridgehead atoms. The molecule has 0 aromatic heterocycles. The van der Waals surface area contributed by atoms with E-state index >= 15 is 0 Å². The number of benzene rings is 1. The molecule has 1 aromatic rings. The van der Waals surface area contributed by atoms with Crippen molar-refractivity contribution in [1.82, 2.24) is 4.72 Å². The lowest BCUT2D eigenvalue weighted by Crippen LogP contribution is -2.41. The summed E-state index contributed by atoms with van der Waals surface area (Å²) in [4.78, 5) is 0.155. The molecular weight excluding hydrogens is 292 g/mol. The van der Waals surface area contributed by atoms with Gasteiger partial charge in [-0.25, -0.2) is 13.1 Å². The highest BCUT2D eigenvalue weighted by atomic mass is 32.2. The molecule has 3 rings (SSSR count). The minimum atomic E-state index is -3.60. The van der Waals surface area contributed by atoms with Gasteiger partial charge in [0.2, 0.25) is 10.0 Å². The molecule has 7 heteroatoms. The molecule has 21 heavy (non-hydrogen) atoms. The Labute approximate surface area is 124 Å². The van der Waals surface area contributed by atoms with Gasteiger partial charge >= 0.3 is 0 Å². The Morgan fingerprint density at radius 1 is 1.33 bits per heavy atom. The van der Waals surface area contributed by atoms with Crippen LogP contribution in [0.15, 0.2) is 23.1 Å². The Hall–Kier alpha value is -1.31. The van der Waals surface area contributed by atoms with Gasteiger partial charge in [-0.1, -0.05) is 0 Å². The molecule has 6 nitrogen and oxygen atoms in total. The molecule has 2 unspecified atom stereocenters. The summed E-state index contributed by atoms with van der Waals surface area (Å²) in [5, 5.41) is 0. The minimum absolute atomic E-state index is 0.00960. The fraction of sp³-hybridized carbons (Fsp3) is 0.571. The number of methoxy groups -OCH3 is 1. The average Bonchev–Trinajstić information content (AvgIpc) is 3.19. The summed E-state index contributed by atoms with van der Waals surface area (Å²) >= 11 is 0. The molecule has 2 aliphatic rings. The van der Waals surface area contributed by atoms with E-state index in [4.69, 9.17) is 15.2 Å². The highest BCUT2D eigenvalue weighted by Gasteiger charge is 2.42. The third kappa shape index (κ3) is 3.00. The lowest BCUT2D eigenvalue weighted by molar-refractivity contribution is 0.0848. The molecule has 116 valence electrons. The van der Waals surface area contributed by atoms with Crippen molar-refractivity contribution in [3.8, 4) is 5.75 Å². The number of nitrogen functional groups attached to an aromatic ring is 1. The van der Waals surface area contributed by atoms with Gasteiger partial charge in [0.05, 0.1) is 29.8 Å². The van der Waals surface area contributed by atoms with Crippen LogP contribution in [-0.2, 0) is 14.8 Å². The van der Waals surface area contributed by atoms with Crippen molar-refractivity contribution >= 4 is 15.7 Å². The first-order chi connectivity index (χ1) is 10.0. The van der Waals surface area contributed by atoms with Gasteiger partial charge in [0, 0.05) is 6.61 Å². The summed E-state index contributed by atoms with van der Waals surface area (Å²) < 4.78 is 38.4. The topological polar surface area (TPSA) is 90.7 Å². The van der Waals surface area contributed by atoms with Gasteiger partial charge in [0.1, 0.15) is 5.75 Å². The normalized spacial score (nSPS) is 26.0. The minimum Gasteiger partial charge on any atom is -0.495 e. The third-order valence-corrected chi connectivity index (χ3v) is 5.53. The second-order valence-electron chi connectivity index (χ2n) is 5.59. The van der Waals surface area contributed by atoms with Gasteiger partial charge in [-0.3, -0.25) is 0 Å². The molecule has 1 saturated heterocycles. The van der Waals surface area contributed by atoms with Crippen LogP contribution in [0.4, 0.5) is 5.69 Å². The number of hydrogen-bond donors (Lipinski definition) is 2. The van der Waals surface area contributed by atoms with Crippen LogP contribution in [0.3, 0.4) is 0 Å². The van der Waals surface area contributed by atoms with Crippen molar-refractivity contribution in [1.29, 1.82) is 0 Å². The van der Waals surface area contributed by atoms with Gasteiger partial charge < -0.3 is 15.2 Å².